The first-order chi connectivity index (χ1) is 13.0. The van der Waals surface area contributed by atoms with E-state index in [0.717, 1.165) is 6.33 Å². The van der Waals surface area contributed by atoms with Gasteiger partial charge < -0.3 is 17.3 Å². The molecule has 0 amide bonds. The van der Waals surface area contributed by atoms with Gasteiger partial charge in [0.2, 0.25) is 41.1 Å². The molecule has 0 bridgehead atoms. The van der Waals surface area contributed by atoms with Gasteiger partial charge in [-0.25, -0.2) is 22.1 Å². The lowest BCUT2D eigenvalue weighted by atomic mass is 9.85. The van der Waals surface area contributed by atoms with Crippen LogP contribution in [0, 0.1) is 34.5 Å². The number of halogens is 10. The third-order valence-corrected chi connectivity index (χ3v) is 4.17. The molecule has 0 saturated carbocycles. The van der Waals surface area contributed by atoms with Crippen LogP contribution in [-0.4, -0.2) is 17.0 Å². The van der Waals surface area contributed by atoms with Crippen LogP contribution in [0.4, 0.5) is 43.6 Å². The molecule has 29 heavy (non-hydrogen) atoms. The van der Waals surface area contributed by atoms with Crippen molar-refractivity contribution in [1.29, 1.82) is 0 Å². The predicted octanol–water partition coefficient (Wildman–Crippen LogP) is 5.16. The van der Waals surface area contributed by atoms with E-state index in [1.165, 1.54) is 4.57 Å². The molecule has 0 unspecified atom stereocenters. The Bertz CT molecular complexity index is 884. The highest BCUT2D eigenvalue weighted by Crippen LogP contribution is 2.40. The van der Waals surface area contributed by atoms with Gasteiger partial charge >= 0.3 is 13.1 Å². The average molecular weight is 437 g/mol. The van der Waals surface area contributed by atoms with Crippen molar-refractivity contribution in [2.75, 3.05) is 0 Å². The molecule has 14 heteroatoms. The van der Waals surface area contributed by atoms with Crippen LogP contribution in [0.25, 0.3) is 5.69 Å². The zero-order valence-electron chi connectivity index (χ0n) is 15.1. The quantitative estimate of drug-likeness (QED) is 0.199. The Morgan fingerprint density at radius 3 is 1.76 bits per heavy atom. The highest BCUT2D eigenvalue weighted by atomic mass is 19.5. The molecule has 1 aliphatic rings. The van der Waals surface area contributed by atoms with Gasteiger partial charge in [0.1, 0.15) is 0 Å². The molecule has 0 spiro atoms. The molecule has 0 radical (unpaired) electrons. The fourth-order valence-electron chi connectivity index (χ4n) is 2.92. The minimum atomic E-state index is -6.00. The Kier molecular flexibility index (Phi) is 5.97. The summed E-state index contributed by atoms with van der Waals surface area (Å²) in [6.07, 6.45) is -0.302. The van der Waals surface area contributed by atoms with Crippen molar-refractivity contribution < 1.29 is 48.2 Å². The molecule has 1 aromatic carbocycles. The topological polar surface area (TPSA) is 21.7 Å². The molecule has 1 aliphatic heterocycles. The lowest BCUT2D eigenvalue weighted by molar-refractivity contribution is -0.729. The van der Waals surface area contributed by atoms with Crippen LogP contribution >= 0.6 is 0 Å². The second kappa shape index (κ2) is 7.52. The first-order valence-electron chi connectivity index (χ1n) is 8.08. The highest BCUT2D eigenvalue weighted by molar-refractivity contribution is 6.50. The maximum atomic E-state index is 14.2. The third-order valence-electron chi connectivity index (χ3n) is 4.17. The van der Waals surface area contributed by atoms with Crippen molar-refractivity contribution in [3.63, 3.8) is 0 Å². The zero-order chi connectivity index (χ0) is 22.5. The van der Waals surface area contributed by atoms with Crippen LogP contribution in [-0.2, 0) is 0 Å². The first kappa shape index (κ1) is 23.0. The SMILES string of the molecule is CC(C)(C)[C@@H]1C[C@H](F)c2nn(-c3c(F)c(F)c(F)c(F)c3F)c[n+]21.F[B-](F)(F)F. The summed E-state index contributed by atoms with van der Waals surface area (Å²) >= 11 is 0. The normalized spacial score (nSPS) is 19.1. The molecule has 2 aromatic rings. The summed E-state index contributed by atoms with van der Waals surface area (Å²) in [6, 6.07) is -0.363. The second-order valence-corrected chi connectivity index (χ2v) is 7.32. The van der Waals surface area contributed by atoms with Gasteiger partial charge in [-0.15, -0.1) is 0 Å². The van der Waals surface area contributed by atoms with E-state index in [1.54, 1.807) is 0 Å². The van der Waals surface area contributed by atoms with E-state index in [4.69, 9.17) is 0 Å². The molecule has 3 rings (SSSR count). The monoisotopic (exact) mass is 437 g/mol. The van der Waals surface area contributed by atoms with Crippen molar-refractivity contribution in [2.24, 2.45) is 5.41 Å². The smallest absolute Gasteiger partial charge is 0.418 e. The van der Waals surface area contributed by atoms with E-state index in [9.17, 15) is 43.6 Å². The van der Waals surface area contributed by atoms with E-state index in [1.807, 2.05) is 20.8 Å². The number of fused-ring (bicyclic) bond motifs is 1. The van der Waals surface area contributed by atoms with Crippen molar-refractivity contribution in [1.82, 2.24) is 9.78 Å². The number of nitrogens with zero attached hydrogens (tertiary/aromatic N) is 3. The van der Waals surface area contributed by atoms with Gasteiger partial charge in [-0.05, 0) is 5.41 Å². The fraction of sp³-hybridized carbons (Fsp3) is 0.467. The van der Waals surface area contributed by atoms with Crippen LogP contribution < -0.4 is 4.57 Å². The van der Waals surface area contributed by atoms with Crippen molar-refractivity contribution in [2.45, 2.75) is 39.4 Å². The van der Waals surface area contributed by atoms with Crippen molar-refractivity contribution >= 4 is 7.25 Å². The Labute approximate surface area is 158 Å². The van der Waals surface area contributed by atoms with E-state index in [0.29, 0.717) is 4.68 Å². The van der Waals surface area contributed by atoms with Gasteiger partial charge in [-0.1, -0.05) is 25.5 Å². The summed E-state index contributed by atoms with van der Waals surface area (Å²) in [7, 11) is -6.00. The molecule has 3 nitrogen and oxygen atoms in total. The molecule has 1 aromatic heterocycles. The number of alkyl halides is 1. The Hall–Kier alpha value is -2.28. The van der Waals surface area contributed by atoms with Crippen LogP contribution in [0.5, 0.6) is 0 Å². The van der Waals surface area contributed by atoms with Crippen LogP contribution in [0.2, 0.25) is 0 Å². The summed E-state index contributed by atoms with van der Waals surface area (Å²) in [4.78, 5) is 0. The summed E-state index contributed by atoms with van der Waals surface area (Å²) in [5.74, 6) is -10.6. The molecule has 162 valence electrons. The number of rotatable bonds is 1. The van der Waals surface area contributed by atoms with Gasteiger partial charge in [0.05, 0.1) is 6.04 Å². The molecule has 2 atom stereocenters. The number of aromatic nitrogens is 3. The Morgan fingerprint density at radius 1 is 0.931 bits per heavy atom. The van der Waals surface area contributed by atoms with Gasteiger partial charge in [-0.3, -0.25) is 0 Å². The minimum absolute atomic E-state index is 0.112. The van der Waals surface area contributed by atoms with E-state index < -0.39 is 48.2 Å². The summed E-state index contributed by atoms with van der Waals surface area (Å²) in [5, 5.41) is 3.71. The summed E-state index contributed by atoms with van der Waals surface area (Å²) < 4.78 is 123. The van der Waals surface area contributed by atoms with E-state index in [2.05, 4.69) is 5.10 Å². The Balaban J connectivity index is 0.000000537. The molecule has 0 N–H and O–H groups in total. The summed E-state index contributed by atoms with van der Waals surface area (Å²) in [5.41, 5.74) is -1.61. The molecule has 0 aliphatic carbocycles. The minimum Gasteiger partial charge on any atom is -0.418 e. The molecule has 0 saturated heterocycles. The predicted molar refractivity (Wildman–Crippen MR) is 80.7 cm³/mol. The maximum absolute atomic E-state index is 14.2. The fourth-order valence-corrected chi connectivity index (χ4v) is 2.92. The van der Waals surface area contributed by atoms with E-state index in [-0.39, 0.29) is 23.7 Å². The average Bonchev–Trinajstić information content (AvgIpc) is 3.10. The Morgan fingerprint density at radius 2 is 1.34 bits per heavy atom. The molecule has 0 fully saturated rings. The van der Waals surface area contributed by atoms with Crippen LogP contribution in [0.3, 0.4) is 0 Å². The van der Waals surface area contributed by atoms with Gasteiger partial charge in [0, 0.05) is 11.5 Å². The van der Waals surface area contributed by atoms with E-state index >= 15 is 0 Å². The molecule has 2 heterocycles. The lowest BCUT2D eigenvalue weighted by Gasteiger charge is -2.24. The van der Waals surface area contributed by atoms with Crippen molar-refractivity contribution in [3.8, 4) is 5.69 Å². The zero-order valence-corrected chi connectivity index (χ0v) is 15.1. The largest absolute Gasteiger partial charge is 0.673 e. The van der Waals surface area contributed by atoms with Gasteiger partial charge in [-0.2, -0.15) is 8.78 Å². The standard InChI is InChI=1S/C15H14F6N3.BF4/c1-15(2,3)7-4-6(16)14-22-24(5-23(7)14)13-11(20)9(18)8(17)10(19)12(13)21;2-1(3,4)5/h5-7H,4H2,1-3H3;/q+1;-1/t6-,7-;/m0./s1. The van der Waals surface area contributed by atoms with Crippen LogP contribution in [0.15, 0.2) is 6.33 Å². The van der Waals surface area contributed by atoms with Crippen molar-refractivity contribution in [3.05, 3.63) is 41.2 Å². The van der Waals surface area contributed by atoms with Gasteiger partial charge in [0.25, 0.3) is 0 Å². The third kappa shape index (κ3) is 4.66. The molecular weight excluding hydrogens is 423 g/mol. The highest BCUT2D eigenvalue weighted by Gasteiger charge is 2.46. The first-order valence-corrected chi connectivity index (χ1v) is 8.08. The number of hydrogen-bond acceptors (Lipinski definition) is 1. The number of hydrogen-bond donors (Lipinski definition) is 0. The van der Waals surface area contributed by atoms with Gasteiger partial charge in [0.15, 0.2) is 6.17 Å². The maximum Gasteiger partial charge on any atom is 0.673 e. The number of benzene rings is 1. The molecular formula is C15H14BF10N3. The van der Waals surface area contributed by atoms with Crippen LogP contribution in [0.1, 0.15) is 45.2 Å². The second-order valence-electron chi connectivity index (χ2n) is 7.32. The summed E-state index contributed by atoms with van der Waals surface area (Å²) in [6.45, 7) is 5.55. The lowest BCUT2D eigenvalue weighted by Crippen LogP contribution is -2.43.